The summed E-state index contributed by atoms with van der Waals surface area (Å²) in [5.41, 5.74) is 9.73. The predicted octanol–water partition coefficient (Wildman–Crippen LogP) is 3.03. The number of fused-ring (bicyclic) bond motifs is 1. The molecular formula is C19H19N3O3. The quantitative estimate of drug-likeness (QED) is 0.566. The van der Waals surface area contributed by atoms with Crippen LogP contribution < -0.4 is 15.8 Å². The van der Waals surface area contributed by atoms with Crippen molar-refractivity contribution in [3.63, 3.8) is 0 Å². The first-order chi connectivity index (χ1) is 11.9. The van der Waals surface area contributed by atoms with Crippen molar-refractivity contribution < 1.29 is 14.3 Å². The minimum atomic E-state index is -0.141. The van der Waals surface area contributed by atoms with Gasteiger partial charge in [0.1, 0.15) is 5.75 Å². The highest BCUT2D eigenvalue weighted by atomic mass is 16.5. The number of benzene rings is 1. The summed E-state index contributed by atoms with van der Waals surface area (Å²) in [6.45, 7) is 3.34. The molecule has 0 aliphatic heterocycles. The lowest BCUT2D eigenvalue weighted by Gasteiger charge is -2.09. The minimum absolute atomic E-state index is 0.122. The molecule has 0 saturated carbocycles. The van der Waals surface area contributed by atoms with Crippen LogP contribution in [0.2, 0.25) is 0 Å². The van der Waals surface area contributed by atoms with E-state index in [1.54, 1.807) is 30.5 Å². The molecule has 6 heteroatoms. The maximum atomic E-state index is 13.0. The molecular weight excluding hydrogens is 318 g/mol. The minimum Gasteiger partial charge on any atom is -0.495 e. The monoisotopic (exact) mass is 337 g/mol. The molecule has 6 nitrogen and oxygen atoms in total. The SMILES string of the molecule is COc1cc(C(=O)c2c(C)cc3cc(NC(C)=O)ccn23)ccc1N. The molecule has 128 valence electrons. The number of pyridine rings is 1. The van der Waals surface area contributed by atoms with Gasteiger partial charge in [-0.1, -0.05) is 0 Å². The highest BCUT2D eigenvalue weighted by Gasteiger charge is 2.18. The Bertz CT molecular complexity index is 989. The molecule has 3 N–H and O–H groups in total. The van der Waals surface area contributed by atoms with E-state index in [0.29, 0.717) is 28.4 Å². The zero-order valence-corrected chi connectivity index (χ0v) is 14.3. The smallest absolute Gasteiger partial charge is 0.221 e. The first-order valence-corrected chi connectivity index (χ1v) is 7.78. The number of anilines is 2. The number of nitrogen functional groups attached to an aromatic ring is 1. The highest BCUT2D eigenvalue weighted by Crippen LogP contribution is 2.26. The summed E-state index contributed by atoms with van der Waals surface area (Å²) in [6, 6.07) is 10.5. The number of nitrogens with one attached hydrogen (secondary N) is 1. The number of aryl methyl sites for hydroxylation is 1. The first-order valence-electron chi connectivity index (χ1n) is 7.78. The second-order valence-corrected chi connectivity index (χ2v) is 5.85. The van der Waals surface area contributed by atoms with E-state index < -0.39 is 0 Å². The molecule has 3 rings (SSSR count). The average Bonchev–Trinajstić information content (AvgIpc) is 2.89. The Balaban J connectivity index is 2.07. The van der Waals surface area contributed by atoms with Crippen LogP contribution in [0.25, 0.3) is 5.52 Å². The number of nitrogens with two attached hydrogens (primary N) is 1. The van der Waals surface area contributed by atoms with Gasteiger partial charge >= 0.3 is 0 Å². The topological polar surface area (TPSA) is 85.8 Å². The molecule has 0 atom stereocenters. The van der Waals surface area contributed by atoms with E-state index in [1.807, 2.05) is 23.5 Å². The van der Waals surface area contributed by atoms with E-state index in [0.717, 1.165) is 11.1 Å². The number of rotatable bonds is 4. The molecule has 0 aliphatic rings. The molecule has 0 unspecified atom stereocenters. The third-order valence-corrected chi connectivity index (χ3v) is 3.99. The highest BCUT2D eigenvalue weighted by molar-refractivity contribution is 6.10. The summed E-state index contributed by atoms with van der Waals surface area (Å²) in [4.78, 5) is 24.2. The fourth-order valence-corrected chi connectivity index (χ4v) is 2.87. The van der Waals surface area contributed by atoms with Crippen LogP contribution in [0.3, 0.4) is 0 Å². The van der Waals surface area contributed by atoms with Gasteiger partial charge in [0.2, 0.25) is 11.7 Å². The predicted molar refractivity (Wildman–Crippen MR) is 97.3 cm³/mol. The Kier molecular flexibility index (Phi) is 4.19. The van der Waals surface area contributed by atoms with E-state index in [4.69, 9.17) is 10.5 Å². The summed E-state index contributed by atoms with van der Waals surface area (Å²) >= 11 is 0. The fraction of sp³-hybridized carbons (Fsp3) is 0.158. The molecule has 0 spiro atoms. The summed E-state index contributed by atoms with van der Waals surface area (Å²) in [7, 11) is 1.52. The van der Waals surface area contributed by atoms with Crippen LogP contribution in [0.5, 0.6) is 5.75 Å². The molecule has 2 heterocycles. The van der Waals surface area contributed by atoms with Gasteiger partial charge in [-0.15, -0.1) is 0 Å². The van der Waals surface area contributed by atoms with Crippen LogP contribution in [-0.2, 0) is 4.79 Å². The normalized spacial score (nSPS) is 10.7. The van der Waals surface area contributed by atoms with Gasteiger partial charge in [0.25, 0.3) is 0 Å². The number of ketones is 1. The molecule has 0 fully saturated rings. The van der Waals surface area contributed by atoms with Crippen LogP contribution >= 0.6 is 0 Å². The van der Waals surface area contributed by atoms with E-state index in [-0.39, 0.29) is 11.7 Å². The van der Waals surface area contributed by atoms with Gasteiger partial charge in [-0.3, -0.25) is 9.59 Å². The van der Waals surface area contributed by atoms with Gasteiger partial charge in [-0.25, -0.2) is 0 Å². The average molecular weight is 337 g/mol. The van der Waals surface area contributed by atoms with Gasteiger partial charge in [0.05, 0.1) is 18.5 Å². The summed E-state index contributed by atoms with van der Waals surface area (Å²) in [6.07, 6.45) is 1.77. The Morgan fingerprint density at radius 2 is 1.92 bits per heavy atom. The number of hydrogen-bond donors (Lipinski definition) is 2. The molecule has 0 radical (unpaired) electrons. The maximum absolute atomic E-state index is 13.0. The molecule has 3 aromatic rings. The summed E-state index contributed by atoms with van der Waals surface area (Å²) < 4.78 is 7.01. The van der Waals surface area contributed by atoms with E-state index in [9.17, 15) is 9.59 Å². The lowest BCUT2D eigenvalue weighted by atomic mass is 10.0. The zero-order valence-electron chi connectivity index (χ0n) is 14.3. The largest absolute Gasteiger partial charge is 0.495 e. The van der Waals surface area contributed by atoms with Crippen LogP contribution in [-0.4, -0.2) is 23.2 Å². The second kappa shape index (κ2) is 6.32. The Morgan fingerprint density at radius 1 is 1.16 bits per heavy atom. The number of ether oxygens (including phenoxy) is 1. The standard InChI is InChI=1S/C19H19N3O3/c1-11-8-15-10-14(21-12(2)23)6-7-22(15)18(11)19(24)13-4-5-16(20)17(9-13)25-3/h4-10H,20H2,1-3H3,(H,21,23). The molecule has 0 bridgehead atoms. The van der Waals surface area contributed by atoms with Crippen molar-refractivity contribution in [1.29, 1.82) is 0 Å². The third kappa shape index (κ3) is 3.06. The Hall–Kier alpha value is -3.28. The van der Waals surface area contributed by atoms with E-state index in [2.05, 4.69) is 5.32 Å². The summed E-state index contributed by atoms with van der Waals surface area (Å²) in [5.74, 6) is 0.207. The number of carbonyl (C=O) groups excluding carboxylic acids is 2. The van der Waals surface area contributed by atoms with E-state index >= 15 is 0 Å². The van der Waals surface area contributed by atoms with Gasteiger partial charge in [-0.2, -0.15) is 0 Å². The number of carbonyl (C=O) groups is 2. The van der Waals surface area contributed by atoms with Crippen LogP contribution in [0.1, 0.15) is 28.5 Å². The maximum Gasteiger partial charge on any atom is 0.221 e. The number of amides is 1. The number of nitrogens with zero attached hydrogens (tertiary/aromatic N) is 1. The zero-order chi connectivity index (χ0) is 18.1. The van der Waals surface area contributed by atoms with Gasteiger partial charge in [-0.05, 0) is 48.9 Å². The van der Waals surface area contributed by atoms with Crippen molar-refractivity contribution in [2.45, 2.75) is 13.8 Å². The van der Waals surface area contributed by atoms with Crippen molar-refractivity contribution in [2.24, 2.45) is 0 Å². The van der Waals surface area contributed by atoms with Crippen LogP contribution in [0.4, 0.5) is 11.4 Å². The molecule has 1 aromatic carbocycles. The van der Waals surface area contributed by atoms with Crippen molar-refractivity contribution in [3.05, 3.63) is 59.4 Å². The Labute approximate surface area is 145 Å². The molecule has 1 amide bonds. The fourth-order valence-electron chi connectivity index (χ4n) is 2.87. The summed E-state index contributed by atoms with van der Waals surface area (Å²) in [5, 5.41) is 2.74. The molecule has 25 heavy (non-hydrogen) atoms. The van der Waals surface area contributed by atoms with E-state index in [1.165, 1.54) is 14.0 Å². The van der Waals surface area contributed by atoms with Crippen LogP contribution in [0, 0.1) is 6.92 Å². The second-order valence-electron chi connectivity index (χ2n) is 5.85. The van der Waals surface area contributed by atoms with Crippen molar-refractivity contribution in [2.75, 3.05) is 18.2 Å². The first kappa shape index (κ1) is 16.6. The van der Waals surface area contributed by atoms with Crippen molar-refractivity contribution in [3.8, 4) is 5.75 Å². The molecule has 2 aromatic heterocycles. The van der Waals surface area contributed by atoms with Crippen LogP contribution in [0.15, 0.2) is 42.6 Å². The lowest BCUT2D eigenvalue weighted by molar-refractivity contribution is -0.114. The number of methoxy groups -OCH3 is 1. The number of hydrogen-bond acceptors (Lipinski definition) is 4. The lowest BCUT2D eigenvalue weighted by Crippen LogP contribution is -2.09. The van der Waals surface area contributed by atoms with Crippen molar-refractivity contribution >= 4 is 28.6 Å². The van der Waals surface area contributed by atoms with Gasteiger partial charge in [0, 0.05) is 29.9 Å². The van der Waals surface area contributed by atoms with Crippen molar-refractivity contribution in [1.82, 2.24) is 4.40 Å². The van der Waals surface area contributed by atoms with Gasteiger partial charge in [0.15, 0.2) is 0 Å². The number of aromatic nitrogens is 1. The van der Waals surface area contributed by atoms with Gasteiger partial charge < -0.3 is 20.2 Å². The molecule has 0 aliphatic carbocycles. The third-order valence-electron chi connectivity index (χ3n) is 3.99. The Morgan fingerprint density at radius 3 is 2.60 bits per heavy atom. The molecule has 0 saturated heterocycles.